The van der Waals surface area contributed by atoms with Crippen LogP contribution in [0.4, 0.5) is 0 Å². The second kappa shape index (κ2) is 6.01. The van der Waals surface area contributed by atoms with Gasteiger partial charge in [-0.25, -0.2) is 0 Å². The molecule has 98 valence electrons. The van der Waals surface area contributed by atoms with Crippen molar-refractivity contribution in [3.8, 4) is 0 Å². The Bertz CT molecular complexity index is 425. The van der Waals surface area contributed by atoms with E-state index in [1.165, 1.54) is 12.8 Å². The van der Waals surface area contributed by atoms with Crippen molar-refractivity contribution in [2.75, 3.05) is 13.1 Å². The first-order valence-corrected chi connectivity index (χ1v) is 6.75. The Morgan fingerprint density at radius 1 is 1.28 bits per heavy atom. The first kappa shape index (κ1) is 13.1. The van der Waals surface area contributed by atoms with Crippen LogP contribution in [0.15, 0.2) is 18.2 Å². The van der Waals surface area contributed by atoms with Crippen molar-refractivity contribution < 1.29 is 4.79 Å². The summed E-state index contributed by atoms with van der Waals surface area (Å²) in [5, 5.41) is 6.42. The van der Waals surface area contributed by atoms with Crippen LogP contribution < -0.4 is 10.6 Å². The molecule has 0 saturated heterocycles. The molecular weight excluding hydrogens is 224 g/mol. The Morgan fingerprint density at radius 3 is 2.78 bits per heavy atom. The fourth-order valence-corrected chi connectivity index (χ4v) is 1.96. The molecule has 1 saturated carbocycles. The molecule has 0 radical (unpaired) electrons. The molecule has 1 amide bonds. The minimum absolute atomic E-state index is 0.0441. The predicted octanol–water partition coefficient (Wildman–Crippen LogP) is 2.18. The van der Waals surface area contributed by atoms with E-state index in [9.17, 15) is 4.79 Å². The summed E-state index contributed by atoms with van der Waals surface area (Å²) in [6, 6.07) is 6.73. The molecule has 1 aromatic rings. The van der Waals surface area contributed by atoms with Gasteiger partial charge in [0.05, 0.1) is 0 Å². The fourth-order valence-electron chi connectivity index (χ4n) is 1.96. The van der Waals surface area contributed by atoms with Crippen molar-refractivity contribution >= 4 is 5.91 Å². The molecule has 1 aliphatic rings. The average molecular weight is 246 g/mol. The Labute approximate surface area is 109 Å². The third-order valence-electron chi connectivity index (χ3n) is 3.29. The number of hydrogen-bond acceptors (Lipinski definition) is 2. The summed E-state index contributed by atoms with van der Waals surface area (Å²) in [5.74, 6) is 0.0441. The maximum absolute atomic E-state index is 12.0. The molecular formula is C15H22N2O. The molecule has 1 aliphatic carbocycles. The summed E-state index contributed by atoms with van der Waals surface area (Å²) in [6.07, 6.45) is 3.62. The van der Waals surface area contributed by atoms with Gasteiger partial charge in [0.2, 0.25) is 0 Å². The number of amides is 1. The van der Waals surface area contributed by atoms with Gasteiger partial charge in [0.1, 0.15) is 0 Å². The topological polar surface area (TPSA) is 41.1 Å². The van der Waals surface area contributed by atoms with Gasteiger partial charge in [-0.05, 0) is 51.3 Å². The molecule has 1 aromatic carbocycles. The molecule has 0 unspecified atom stereocenters. The van der Waals surface area contributed by atoms with E-state index in [0.29, 0.717) is 0 Å². The van der Waals surface area contributed by atoms with Crippen LogP contribution in [-0.2, 0) is 0 Å². The lowest BCUT2D eigenvalue weighted by molar-refractivity contribution is 0.0952. The largest absolute Gasteiger partial charge is 0.352 e. The van der Waals surface area contributed by atoms with E-state index in [1.54, 1.807) is 0 Å². The van der Waals surface area contributed by atoms with Gasteiger partial charge >= 0.3 is 0 Å². The molecule has 0 aliphatic heterocycles. The van der Waals surface area contributed by atoms with E-state index in [2.05, 4.69) is 10.6 Å². The molecule has 0 spiro atoms. The van der Waals surface area contributed by atoms with Crippen molar-refractivity contribution in [1.82, 2.24) is 10.6 Å². The van der Waals surface area contributed by atoms with Crippen LogP contribution in [0, 0.1) is 13.8 Å². The van der Waals surface area contributed by atoms with Crippen molar-refractivity contribution in [2.45, 2.75) is 39.2 Å². The summed E-state index contributed by atoms with van der Waals surface area (Å²) in [4.78, 5) is 12.0. The first-order chi connectivity index (χ1) is 8.66. The zero-order valence-electron chi connectivity index (χ0n) is 11.3. The van der Waals surface area contributed by atoms with Gasteiger partial charge in [-0.1, -0.05) is 17.7 Å². The highest BCUT2D eigenvalue weighted by molar-refractivity contribution is 5.95. The second-order valence-electron chi connectivity index (χ2n) is 5.16. The van der Waals surface area contributed by atoms with Crippen LogP contribution in [0.1, 0.15) is 40.7 Å². The molecule has 3 nitrogen and oxygen atoms in total. The molecule has 0 aromatic heterocycles. The number of benzene rings is 1. The van der Waals surface area contributed by atoms with E-state index in [-0.39, 0.29) is 5.91 Å². The monoisotopic (exact) mass is 246 g/mol. The highest BCUT2D eigenvalue weighted by Gasteiger charge is 2.19. The van der Waals surface area contributed by atoms with Gasteiger partial charge in [0.15, 0.2) is 0 Å². The number of hydrogen-bond donors (Lipinski definition) is 2. The van der Waals surface area contributed by atoms with Crippen LogP contribution in [0.2, 0.25) is 0 Å². The van der Waals surface area contributed by atoms with Crippen LogP contribution in [0.25, 0.3) is 0 Å². The minimum Gasteiger partial charge on any atom is -0.352 e. The lowest BCUT2D eigenvalue weighted by Gasteiger charge is -2.09. The zero-order valence-corrected chi connectivity index (χ0v) is 11.3. The van der Waals surface area contributed by atoms with Crippen LogP contribution in [0.3, 0.4) is 0 Å². The number of carbonyl (C=O) groups excluding carboxylic acids is 1. The van der Waals surface area contributed by atoms with Crippen molar-refractivity contribution in [3.63, 3.8) is 0 Å². The Balaban J connectivity index is 1.74. The zero-order chi connectivity index (χ0) is 13.0. The summed E-state index contributed by atoms with van der Waals surface area (Å²) in [7, 11) is 0. The maximum Gasteiger partial charge on any atom is 0.251 e. The molecule has 0 heterocycles. The first-order valence-electron chi connectivity index (χ1n) is 6.75. The second-order valence-corrected chi connectivity index (χ2v) is 5.16. The molecule has 0 atom stereocenters. The predicted molar refractivity (Wildman–Crippen MR) is 73.9 cm³/mol. The number of nitrogens with one attached hydrogen (secondary N) is 2. The van der Waals surface area contributed by atoms with Crippen molar-refractivity contribution in [1.29, 1.82) is 0 Å². The fraction of sp³-hybridized carbons (Fsp3) is 0.533. The summed E-state index contributed by atoms with van der Waals surface area (Å²) < 4.78 is 0. The van der Waals surface area contributed by atoms with E-state index in [1.807, 2.05) is 32.0 Å². The third kappa shape index (κ3) is 3.84. The maximum atomic E-state index is 12.0. The summed E-state index contributed by atoms with van der Waals surface area (Å²) >= 11 is 0. The number of rotatable bonds is 6. The summed E-state index contributed by atoms with van der Waals surface area (Å²) in [6.45, 7) is 5.72. The third-order valence-corrected chi connectivity index (χ3v) is 3.29. The van der Waals surface area contributed by atoms with E-state index < -0.39 is 0 Å². The number of aryl methyl sites for hydroxylation is 2. The highest BCUT2D eigenvalue weighted by atomic mass is 16.1. The number of carbonyl (C=O) groups is 1. The lowest BCUT2D eigenvalue weighted by atomic mass is 10.1. The summed E-state index contributed by atoms with van der Waals surface area (Å²) in [5.41, 5.74) is 2.96. The van der Waals surface area contributed by atoms with Crippen molar-refractivity contribution in [3.05, 3.63) is 34.9 Å². The Morgan fingerprint density at radius 2 is 2.06 bits per heavy atom. The molecule has 1 fully saturated rings. The van der Waals surface area contributed by atoms with Gasteiger partial charge in [0.25, 0.3) is 5.91 Å². The van der Waals surface area contributed by atoms with E-state index >= 15 is 0 Å². The van der Waals surface area contributed by atoms with Gasteiger partial charge in [0, 0.05) is 18.2 Å². The average Bonchev–Trinajstić information content (AvgIpc) is 3.15. The highest BCUT2D eigenvalue weighted by Crippen LogP contribution is 2.18. The van der Waals surface area contributed by atoms with E-state index in [0.717, 1.165) is 42.2 Å². The van der Waals surface area contributed by atoms with E-state index in [4.69, 9.17) is 0 Å². The van der Waals surface area contributed by atoms with Crippen LogP contribution >= 0.6 is 0 Å². The van der Waals surface area contributed by atoms with Crippen molar-refractivity contribution in [2.24, 2.45) is 0 Å². The quantitative estimate of drug-likeness (QED) is 0.755. The Kier molecular flexibility index (Phi) is 4.37. The molecule has 2 rings (SSSR count). The van der Waals surface area contributed by atoms with Gasteiger partial charge in [-0.2, -0.15) is 0 Å². The van der Waals surface area contributed by atoms with Crippen LogP contribution in [0.5, 0.6) is 0 Å². The SMILES string of the molecule is Cc1ccc(C)c(C(=O)NCCCNC2CC2)c1. The van der Waals surface area contributed by atoms with Gasteiger partial charge in [-0.3, -0.25) is 4.79 Å². The van der Waals surface area contributed by atoms with Gasteiger partial charge in [-0.15, -0.1) is 0 Å². The normalized spacial score (nSPS) is 14.6. The smallest absolute Gasteiger partial charge is 0.251 e. The molecule has 0 bridgehead atoms. The van der Waals surface area contributed by atoms with Crippen LogP contribution in [-0.4, -0.2) is 25.0 Å². The Hall–Kier alpha value is -1.35. The molecule has 2 N–H and O–H groups in total. The van der Waals surface area contributed by atoms with Gasteiger partial charge < -0.3 is 10.6 Å². The minimum atomic E-state index is 0.0441. The standard InChI is InChI=1S/C15H22N2O/c1-11-4-5-12(2)14(10-11)15(18)17-9-3-8-16-13-6-7-13/h4-5,10,13,16H,3,6-9H2,1-2H3,(H,17,18). The molecule has 18 heavy (non-hydrogen) atoms. The molecule has 3 heteroatoms. The lowest BCUT2D eigenvalue weighted by Crippen LogP contribution is -2.28.